The molecule has 0 spiro atoms. The van der Waals surface area contributed by atoms with Crippen LogP contribution in [0.1, 0.15) is 50.2 Å². The molecule has 9 heteroatoms. The van der Waals surface area contributed by atoms with E-state index in [1.165, 1.54) is 18.6 Å². The maximum Gasteiger partial charge on any atom is 0.331 e. The molecule has 1 heterocycles. The summed E-state index contributed by atoms with van der Waals surface area (Å²) in [7, 11) is 1.54. The van der Waals surface area contributed by atoms with E-state index in [1.807, 2.05) is 0 Å². The Morgan fingerprint density at radius 3 is 2.58 bits per heavy atom. The summed E-state index contributed by atoms with van der Waals surface area (Å²) >= 11 is 0. The van der Waals surface area contributed by atoms with Crippen LogP contribution in [-0.2, 0) is 21.0 Å². The van der Waals surface area contributed by atoms with Crippen molar-refractivity contribution >= 4 is 35.5 Å². The number of anilines is 1. The Morgan fingerprint density at radius 2 is 1.89 bits per heavy atom. The quantitative estimate of drug-likeness (QED) is 0.286. The molecule has 1 aliphatic heterocycles. The van der Waals surface area contributed by atoms with Crippen LogP contribution in [0.15, 0.2) is 59.7 Å². The van der Waals surface area contributed by atoms with Gasteiger partial charge in [0.25, 0.3) is 11.8 Å². The highest BCUT2D eigenvalue weighted by Crippen LogP contribution is 2.26. The highest BCUT2D eigenvalue weighted by molar-refractivity contribution is 6.31. The van der Waals surface area contributed by atoms with Crippen molar-refractivity contribution in [3.63, 3.8) is 0 Å². The van der Waals surface area contributed by atoms with Crippen molar-refractivity contribution in [3.8, 4) is 11.5 Å². The second-order valence-corrected chi connectivity index (χ2v) is 9.20. The molecule has 0 saturated carbocycles. The van der Waals surface area contributed by atoms with Crippen molar-refractivity contribution < 1.29 is 28.7 Å². The number of barbiturate groups is 1. The third-order valence-corrected chi connectivity index (χ3v) is 6.41. The fourth-order valence-electron chi connectivity index (χ4n) is 4.45. The van der Waals surface area contributed by atoms with Gasteiger partial charge in [-0.15, -0.1) is 0 Å². The zero-order chi connectivity index (χ0) is 27.1. The van der Waals surface area contributed by atoms with E-state index >= 15 is 0 Å². The molecule has 1 saturated heterocycles. The molecule has 5 amide bonds. The summed E-state index contributed by atoms with van der Waals surface area (Å²) in [6, 6.07) is 11.5. The summed E-state index contributed by atoms with van der Waals surface area (Å²) in [5.41, 5.74) is 3.09. The predicted octanol–water partition coefficient (Wildman–Crippen LogP) is 4.58. The van der Waals surface area contributed by atoms with Gasteiger partial charge < -0.3 is 14.8 Å². The number of allylic oxidation sites excluding steroid dienone is 1. The van der Waals surface area contributed by atoms with E-state index in [0.717, 1.165) is 30.6 Å². The van der Waals surface area contributed by atoms with Crippen molar-refractivity contribution in [2.45, 2.75) is 45.6 Å². The van der Waals surface area contributed by atoms with Crippen LogP contribution < -0.4 is 20.1 Å². The average Bonchev–Trinajstić information content (AvgIpc) is 2.91. The van der Waals surface area contributed by atoms with Gasteiger partial charge in [-0.2, -0.15) is 0 Å². The number of carbonyl (C=O) groups is 4. The Bertz CT molecular complexity index is 1300. The molecule has 0 atom stereocenters. The second kappa shape index (κ2) is 12.2. The number of hydrogen-bond acceptors (Lipinski definition) is 6. The molecule has 1 aliphatic carbocycles. The van der Waals surface area contributed by atoms with Crippen LogP contribution in [0.2, 0.25) is 0 Å². The molecule has 4 rings (SSSR count). The van der Waals surface area contributed by atoms with Crippen LogP contribution in [-0.4, -0.2) is 42.3 Å². The number of imide groups is 2. The average molecular weight is 518 g/mol. The van der Waals surface area contributed by atoms with Crippen molar-refractivity contribution in [1.82, 2.24) is 10.2 Å². The van der Waals surface area contributed by atoms with E-state index in [9.17, 15) is 19.2 Å². The van der Waals surface area contributed by atoms with Gasteiger partial charge in [0.2, 0.25) is 5.91 Å². The minimum Gasteiger partial charge on any atom is -0.496 e. The van der Waals surface area contributed by atoms with E-state index in [-0.39, 0.29) is 24.6 Å². The van der Waals surface area contributed by atoms with Gasteiger partial charge in [0.1, 0.15) is 23.7 Å². The number of urea groups is 1. The first-order chi connectivity index (χ1) is 18.3. The van der Waals surface area contributed by atoms with Gasteiger partial charge in [-0.1, -0.05) is 17.7 Å². The van der Waals surface area contributed by atoms with Gasteiger partial charge >= 0.3 is 6.03 Å². The first kappa shape index (κ1) is 26.7. The Hall–Kier alpha value is -4.40. The van der Waals surface area contributed by atoms with E-state index in [1.54, 1.807) is 49.6 Å². The first-order valence-electron chi connectivity index (χ1n) is 12.6. The van der Waals surface area contributed by atoms with Gasteiger partial charge in [-0.3, -0.25) is 24.6 Å². The second-order valence-electron chi connectivity index (χ2n) is 9.20. The topological polar surface area (TPSA) is 114 Å². The molecule has 0 aromatic heterocycles. The standard InChI is InChI=1S/C29H31N3O6/c1-19(33)30-23-9-11-24(12-10-23)38-18-22-16-21(8-13-26(22)37-2)17-25-27(34)31-29(36)32(28(25)35)15-14-20-6-4-3-5-7-20/h6,8-13,16-17H,3-5,7,14-15,18H2,1-2H3,(H,30,33)(H,31,34,36). The first-order valence-corrected chi connectivity index (χ1v) is 12.6. The van der Waals surface area contributed by atoms with Crippen LogP contribution >= 0.6 is 0 Å². The number of methoxy groups -OCH3 is 1. The lowest BCUT2D eigenvalue weighted by atomic mass is 9.97. The molecule has 0 bridgehead atoms. The molecule has 2 aliphatic rings. The van der Waals surface area contributed by atoms with Crippen molar-refractivity contribution in [2.24, 2.45) is 0 Å². The predicted molar refractivity (Wildman–Crippen MR) is 142 cm³/mol. The number of nitrogens with one attached hydrogen (secondary N) is 2. The lowest BCUT2D eigenvalue weighted by molar-refractivity contribution is -0.130. The molecule has 9 nitrogen and oxygen atoms in total. The summed E-state index contributed by atoms with van der Waals surface area (Å²) < 4.78 is 11.3. The Balaban J connectivity index is 1.48. The minimum atomic E-state index is -0.721. The monoisotopic (exact) mass is 517 g/mol. The van der Waals surface area contributed by atoms with E-state index in [0.29, 0.717) is 34.7 Å². The Labute approximate surface area is 221 Å². The van der Waals surface area contributed by atoms with Crippen LogP contribution in [0.5, 0.6) is 11.5 Å². The van der Waals surface area contributed by atoms with Crippen molar-refractivity contribution in [2.75, 3.05) is 19.0 Å². The van der Waals surface area contributed by atoms with E-state index in [2.05, 4.69) is 16.7 Å². The molecule has 2 aromatic rings. The van der Waals surface area contributed by atoms with Gasteiger partial charge in [-0.25, -0.2) is 4.79 Å². The van der Waals surface area contributed by atoms with Crippen molar-refractivity contribution in [3.05, 3.63) is 70.8 Å². The molecule has 1 fully saturated rings. The zero-order valence-electron chi connectivity index (χ0n) is 21.5. The summed E-state index contributed by atoms with van der Waals surface area (Å²) in [6.45, 7) is 1.83. The number of carbonyl (C=O) groups excluding carboxylic acids is 4. The number of rotatable bonds is 9. The number of benzene rings is 2. The van der Waals surface area contributed by atoms with Gasteiger partial charge in [0, 0.05) is 24.7 Å². The number of amides is 5. The molecule has 2 aromatic carbocycles. The lowest BCUT2D eigenvalue weighted by Gasteiger charge is -2.27. The third kappa shape index (κ3) is 6.67. The highest BCUT2D eigenvalue weighted by atomic mass is 16.5. The number of nitrogens with zero attached hydrogens (tertiary/aromatic N) is 1. The van der Waals surface area contributed by atoms with E-state index < -0.39 is 17.8 Å². The van der Waals surface area contributed by atoms with Crippen LogP contribution in [0.3, 0.4) is 0 Å². The van der Waals surface area contributed by atoms with Gasteiger partial charge in [-0.05, 0) is 80.1 Å². The smallest absolute Gasteiger partial charge is 0.331 e. The molecule has 2 N–H and O–H groups in total. The SMILES string of the molecule is COc1ccc(C=C2C(=O)NC(=O)N(CCC3=CCCCC3)C2=O)cc1COc1ccc(NC(C)=O)cc1. The fraction of sp³-hybridized carbons (Fsp3) is 0.310. The lowest BCUT2D eigenvalue weighted by Crippen LogP contribution is -2.54. The van der Waals surface area contributed by atoms with Crippen LogP contribution in [0.25, 0.3) is 6.08 Å². The third-order valence-electron chi connectivity index (χ3n) is 6.41. The maximum absolute atomic E-state index is 13.1. The van der Waals surface area contributed by atoms with E-state index in [4.69, 9.17) is 9.47 Å². The summed E-state index contributed by atoms with van der Waals surface area (Å²) in [5, 5.41) is 4.98. The highest BCUT2D eigenvalue weighted by Gasteiger charge is 2.35. The fourth-order valence-corrected chi connectivity index (χ4v) is 4.45. The molecule has 0 unspecified atom stereocenters. The minimum absolute atomic E-state index is 0.104. The molecular formula is C29H31N3O6. The number of hydrogen-bond donors (Lipinski definition) is 2. The van der Waals surface area contributed by atoms with Gasteiger partial charge in [0.05, 0.1) is 7.11 Å². The molecule has 38 heavy (non-hydrogen) atoms. The maximum atomic E-state index is 13.1. The number of ether oxygens (including phenoxy) is 2. The Morgan fingerprint density at radius 1 is 1.11 bits per heavy atom. The molecule has 0 radical (unpaired) electrons. The Kier molecular flexibility index (Phi) is 8.58. The normalized spacial score (nSPS) is 16.7. The van der Waals surface area contributed by atoms with Crippen LogP contribution in [0, 0.1) is 0 Å². The summed E-state index contributed by atoms with van der Waals surface area (Å²) in [5.74, 6) is -0.314. The summed E-state index contributed by atoms with van der Waals surface area (Å²) in [4.78, 5) is 50.4. The van der Waals surface area contributed by atoms with Gasteiger partial charge in [0.15, 0.2) is 0 Å². The van der Waals surface area contributed by atoms with Crippen molar-refractivity contribution in [1.29, 1.82) is 0 Å². The molecule has 198 valence electrons. The zero-order valence-corrected chi connectivity index (χ0v) is 21.5. The molecular weight excluding hydrogens is 486 g/mol. The largest absolute Gasteiger partial charge is 0.496 e. The van der Waals surface area contributed by atoms with Crippen LogP contribution in [0.4, 0.5) is 10.5 Å². The summed E-state index contributed by atoms with van der Waals surface area (Å²) in [6.07, 6.45) is 8.52.